The van der Waals surface area contributed by atoms with Crippen molar-refractivity contribution in [3.8, 4) is 0 Å². The molecular formula is C12H17N5O4. The molecule has 1 unspecified atom stereocenters. The number of nitrogens with zero attached hydrogens (tertiary/aromatic N) is 4. The molecule has 114 valence electrons. The van der Waals surface area contributed by atoms with Crippen LogP contribution in [0.4, 0.5) is 5.82 Å². The van der Waals surface area contributed by atoms with E-state index < -0.39 is 30.6 Å². The summed E-state index contributed by atoms with van der Waals surface area (Å²) in [4.78, 5) is 12.4. The fraction of sp³-hybridized carbons (Fsp3) is 0.583. The van der Waals surface area contributed by atoms with Crippen molar-refractivity contribution in [3.05, 3.63) is 12.7 Å². The lowest BCUT2D eigenvalue weighted by Gasteiger charge is -2.27. The average Bonchev–Trinajstić information content (AvgIpc) is 2.99. The molecule has 9 nitrogen and oxygen atoms in total. The lowest BCUT2D eigenvalue weighted by Crippen LogP contribution is -2.44. The van der Waals surface area contributed by atoms with Crippen molar-refractivity contribution in [2.45, 2.75) is 31.0 Å². The zero-order valence-electron chi connectivity index (χ0n) is 11.6. The molecule has 0 aromatic carbocycles. The Hall–Kier alpha value is -1.81. The molecule has 4 atom stereocenters. The van der Waals surface area contributed by atoms with Crippen molar-refractivity contribution in [2.75, 3.05) is 19.0 Å². The number of anilines is 1. The third-order valence-corrected chi connectivity index (χ3v) is 3.78. The van der Waals surface area contributed by atoms with E-state index in [9.17, 15) is 15.3 Å². The summed E-state index contributed by atoms with van der Waals surface area (Å²) < 4.78 is 7.08. The van der Waals surface area contributed by atoms with Crippen LogP contribution in [0.1, 0.15) is 13.2 Å². The summed E-state index contributed by atoms with van der Waals surface area (Å²) in [6.07, 6.45) is -0.153. The van der Waals surface area contributed by atoms with Gasteiger partial charge in [0.05, 0.1) is 12.9 Å². The average molecular weight is 295 g/mol. The maximum Gasteiger partial charge on any atom is 0.168 e. The zero-order valence-corrected chi connectivity index (χ0v) is 11.6. The smallest absolute Gasteiger partial charge is 0.168 e. The second-order valence-corrected chi connectivity index (χ2v) is 5.18. The number of fused-ring (bicyclic) bond motifs is 1. The number of rotatable bonds is 3. The van der Waals surface area contributed by atoms with E-state index in [0.29, 0.717) is 17.0 Å². The van der Waals surface area contributed by atoms with Gasteiger partial charge in [0, 0.05) is 7.05 Å². The van der Waals surface area contributed by atoms with Crippen LogP contribution in [-0.4, -0.2) is 66.3 Å². The third-order valence-electron chi connectivity index (χ3n) is 3.78. The van der Waals surface area contributed by atoms with Gasteiger partial charge >= 0.3 is 0 Å². The molecule has 4 N–H and O–H groups in total. The normalized spacial score (nSPS) is 32.7. The van der Waals surface area contributed by atoms with Gasteiger partial charge in [-0.2, -0.15) is 0 Å². The van der Waals surface area contributed by atoms with E-state index in [1.807, 2.05) is 0 Å². The third kappa shape index (κ3) is 1.97. The molecule has 0 radical (unpaired) electrons. The molecule has 3 rings (SSSR count). The van der Waals surface area contributed by atoms with Gasteiger partial charge in [-0.25, -0.2) is 15.0 Å². The van der Waals surface area contributed by atoms with Crippen LogP contribution in [-0.2, 0) is 4.74 Å². The Morgan fingerprint density at radius 1 is 1.43 bits per heavy atom. The lowest BCUT2D eigenvalue weighted by molar-refractivity contribution is -0.0950. The van der Waals surface area contributed by atoms with Gasteiger partial charge in [-0.1, -0.05) is 0 Å². The Kier molecular flexibility index (Phi) is 3.29. The molecule has 3 heterocycles. The highest BCUT2D eigenvalue weighted by Gasteiger charge is 2.53. The topological polar surface area (TPSA) is 126 Å². The van der Waals surface area contributed by atoms with Gasteiger partial charge in [0.2, 0.25) is 0 Å². The van der Waals surface area contributed by atoms with Gasteiger partial charge in [-0.05, 0) is 6.92 Å². The lowest BCUT2D eigenvalue weighted by atomic mass is 9.96. The maximum absolute atomic E-state index is 10.5. The van der Waals surface area contributed by atoms with Crippen LogP contribution >= 0.6 is 0 Å². The number of aliphatic hydroxyl groups excluding tert-OH is 2. The van der Waals surface area contributed by atoms with Crippen molar-refractivity contribution in [3.63, 3.8) is 0 Å². The van der Waals surface area contributed by atoms with Gasteiger partial charge in [-0.15, -0.1) is 0 Å². The van der Waals surface area contributed by atoms with Gasteiger partial charge in [-0.3, -0.25) is 4.57 Å². The SMILES string of the molecule is CNc1ncnc2c1ncn2C1O[C@H](CO)[C@@H](O)[C@@]1(C)O. The van der Waals surface area contributed by atoms with E-state index in [1.165, 1.54) is 24.1 Å². The Balaban J connectivity index is 2.09. The summed E-state index contributed by atoms with van der Waals surface area (Å²) in [5.41, 5.74) is -0.585. The van der Waals surface area contributed by atoms with E-state index >= 15 is 0 Å². The highest BCUT2D eigenvalue weighted by molar-refractivity contribution is 5.82. The number of aliphatic hydroxyl groups is 3. The van der Waals surface area contributed by atoms with E-state index in [-0.39, 0.29) is 0 Å². The van der Waals surface area contributed by atoms with Crippen LogP contribution < -0.4 is 5.32 Å². The number of aromatic nitrogens is 4. The second-order valence-electron chi connectivity index (χ2n) is 5.18. The summed E-state index contributed by atoms with van der Waals surface area (Å²) in [6.45, 7) is 1.06. The molecule has 0 aliphatic carbocycles. The van der Waals surface area contributed by atoms with Crippen LogP contribution in [0, 0.1) is 0 Å². The largest absolute Gasteiger partial charge is 0.394 e. The minimum Gasteiger partial charge on any atom is -0.394 e. The van der Waals surface area contributed by atoms with Crippen LogP contribution in [0.15, 0.2) is 12.7 Å². The van der Waals surface area contributed by atoms with Gasteiger partial charge in [0.1, 0.15) is 29.7 Å². The first kappa shape index (κ1) is 14.1. The summed E-state index contributed by atoms with van der Waals surface area (Å²) in [6, 6.07) is 0. The zero-order chi connectivity index (χ0) is 15.2. The van der Waals surface area contributed by atoms with Crippen molar-refractivity contribution >= 4 is 17.0 Å². The van der Waals surface area contributed by atoms with Gasteiger partial charge in [0.25, 0.3) is 0 Å². The first-order valence-corrected chi connectivity index (χ1v) is 6.52. The van der Waals surface area contributed by atoms with Crippen molar-refractivity contribution in [1.82, 2.24) is 19.5 Å². The van der Waals surface area contributed by atoms with Crippen LogP contribution in [0.25, 0.3) is 11.2 Å². The predicted octanol–water partition coefficient (Wildman–Crippen LogP) is -1.13. The van der Waals surface area contributed by atoms with Crippen molar-refractivity contribution in [1.29, 1.82) is 0 Å². The fourth-order valence-corrected chi connectivity index (χ4v) is 2.60. The Morgan fingerprint density at radius 2 is 2.19 bits per heavy atom. The highest BCUT2D eigenvalue weighted by atomic mass is 16.6. The first-order valence-electron chi connectivity index (χ1n) is 6.52. The second kappa shape index (κ2) is 4.88. The molecule has 1 aliphatic rings. The van der Waals surface area contributed by atoms with E-state index in [4.69, 9.17) is 4.74 Å². The van der Waals surface area contributed by atoms with Crippen LogP contribution in [0.3, 0.4) is 0 Å². The van der Waals surface area contributed by atoms with E-state index in [0.717, 1.165) is 0 Å². The van der Waals surface area contributed by atoms with Gasteiger partial charge < -0.3 is 25.4 Å². The number of imidazole rings is 1. The number of hydrogen-bond donors (Lipinski definition) is 4. The Morgan fingerprint density at radius 3 is 2.81 bits per heavy atom. The molecule has 1 saturated heterocycles. The molecule has 0 saturated carbocycles. The monoisotopic (exact) mass is 295 g/mol. The summed E-state index contributed by atoms with van der Waals surface area (Å²) >= 11 is 0. The molecule has 2 aromatic rings. The molecule has 9 heteroatoms. The quantitative estimate of drug-likeness (QED) is 0.560. The summed E-state index contributed by atoms with van der Waals surface area (Å²) in [5, 5.41) is 32.7. The molecule has 0 spiro atoms. The van der Waals surface area contributed by atoms with E-state index in [1.54, 1.807) is 7.05 Å². The number of ether oxygens (including phenoxy) is 1. The Labute approximate surface area is 120 Å². The van der Waals surface area contributed by atoms with Crippen molar-refractivity contribution < 1.29 is 20.1 Å². The minimum atomic E-state index is -1.58. The minimum absolute atomic E-state index is 0.392. The summed E-state index contributed by atoms with van der Waals surface area (Å²) in [5.74, 6) is 0.552. The molecule has 2 aromatic heterocycles. The molecular weight excluding hydrogens is 278 g/mol. The number of hydrogen-bond acceptors (Lipinski definition) is 8. The van der Waals surface area contributed by atoms with Gasteiger partial charge in [0.15, 0.2) is 17.7 Å². The molecule has 0 bridgehead atoms. The number of nitrogens with one attached hydrogen (secondary N) is 1. The van der Waals surface area contributed by atoms with E-state index in [2.05, 4.69) is 20.3 Å². The molecule has 1 aliphatic heterocycles. The Bertz CT molecular complexity index is 658. The highest BCUT2D eigenvalue weighted by Crippen LogP contribution is 2.39. The molecule has 21 heavy (non-hydrogen) atoms. The van der Waals surface area contributed by atoms with Crippen LogP contribution in [0.5, 0.6) is 0 Å². The standard InChI is InChI=1S/C12H17N5O4/c1-12(20)8(19)6(3-18)21-11(12)17-5-16-7-9(13-2)14-4-15-10(7)17/h4-6,8,11,18-20H,3H2,1-2H3,(H,13,14,15)/t6-,8-,11?,12-/m1/s1. The molecule has 0 amide bonds. The van der Waals surface area contributed by atoms with Crippen LogP contribution in [0.2, 0.25) is 0 Å². The summed E-state index contributed by atoms with van der Waals surface area (Å²) in [7, 11) is 1.72. The first-order chi connectivity index (χ1) is 10.0. The van der Waals surface area contributed by atoms with Crippen molar-refractivity contribution in [2.24, 2.45) is 0 Å². The maximum atomic E-state index is 10.5. The molecule has 1 fully saturated rings. The predicted molar refractivity (Wildman–Crippen MR) is 72.5 cm³/mol. The fourth-order valence-electron chi connectivity index (χ4n) is 2.60.